The Morgan fingerprint density at radius 1 is 1.44 bits per heavy atom. The van der Waals surface area contributed by atoms with Crippen LogP contribution in [0.25, 0.3) is 0 Å². The van der Waals surface area contributed by atoms with E-state index in [2.05, 4.69) is 17.1 Å². The maximum atomic E-state index is 13.8. The van der Waals surface area contributed by atoms with Crippen molar-refractivity contribution in [3.05, 3.63) is 42.0 Å². The largest absolute Gasteiger partial charge is 0.462 e. The zero-order valence-corrected chi connectivity index (χ0v) is 15.8. The van der Waals surface area contributed by atoms with Crippen LogP contribution in [-0.2, 0) is 14.3 Å². The summed E-state index contributed by atoms with van der Waals surface area (Å²) in [7, 11) is 0. The third kappa shape index (κ3) is 6.47. The van der Waals surface area contributed by atoms with Crippen molar-refractivity contribution in [2.45, 2.75) is 27.2 Å². The molecule has 1 aliphatic rings. The van der Waals surface area contributed by atoms with Crippen molar-refractivity contribution in [1.82, 2.24) is 5.43 Å². The molecule has 0 spiro atoms. The summed E-state index contributed by atoms with van der Waals surface area (Å²) >= 11 is 0. The molecular weight excluding hydrogens is 356 g/mol. The predicted molar refractivity (Wildman–Crippen MR) is 100 cm³/mol. The molecular formula is C19H25F2N3O3. The first-order chi connectivity index (χ1) is 12.9. The second-order valence-corrected chi connectivity index (χ2v) is 5.54. The van der Waals surface area contributed by atoms with Gasteiger partial charge in [0.1, 0.15) is 11.6 Å². The fraction of sp³-hybridized carbons (Fsp3) is 0.421. The molecule has 27 heavy (non-hydrogen) atoms. The third-order valence-corrected chi connectivity index (χ3v) is 3.63. The van der Waals surface area contributed by atoms with Gasteiger partial charge in [-0.25, -0.2) is 13.6 Å². The highest BCUT2D eigenvalue weighted by molar-refractivity contribution is 6.08. The molecule has 0 aliphatic carbocycles. The Morgan fingerprint density at radius 2 is 2.15 bits per heavy atom. The monoisotopic (exact) mass is 381 g/mol. The van der Waals surface area contributed by atoms with Gasteiger partial charge in [-0.15, -0.1) is 0 Å². The minimum absolute atomic E-state index is 0.0630. The van der Waals surface area contributed by atoms with Gasteiger partial charge in [0.05, 0.1) is 24.1 Å². The standard InChI is InChI=1S/C17H19F2N3O3.C2H6/c1-3-25-17(24)11(2)8-20-21-9-12-6-16(23)22(10-12)15-5-4-13(18)7-14(15)19;1-2/h4-5,7-8,12,21H,2-3,6,9-10H2,1H3;1-2H3/b20-8-;. The molecule has 0 aromatic heterocycles. The molecule has 1 aromatic carbocycles. The normalized spacial score (nSPS) is 16.1. The summed E-state index contributed by atoms with van der Waals surface area (Å²) in [4.78, 5) is 24.7. The fourth-order valence-corrected chi connectivity index (χ4v) is 2.43. The number of halogens is 2. The van der Waals surface area contributed by atoms with Gasteiger partial charge < -0.3 is 15.1 Å². The van der Waals surface area contributed by atoms with Crippen molar-refractivity contribution in [1.29, 1.82) is 0 Å². The lowest BCUT2D eigenvalue weighted by atomic mass is 10.1. The van der Waals surface area contributed by atoms with Crippen LogP contribution in [-0.4, -0.2) is 37.8 Å². The van der Waals surface area contributed by atoms with E-state index in [-0.39, 0.29) is 36.1 Å². The molecule has 148 valence electrons. The lowest BCUT2D eigenvalue weighted by molar-refractivity contribution is -0.137. The Morgan fingerprint density at radius 3 is 2.78 bits per heavy atom. The molecule has 1 saturated heterocycles. The van der Waals surface area contributed by atoms with Crippen LogP contribution >= 0.6 is 0 Å². The molecule has 1 aliphatic heterocycles. The third-order valence-electron chi connectivity index (χ3n) is 3.63. The van der Waals surface area contributed by atoms with Crippen molar-refractivity contribution < 1.29 is 23.1 Å². The topological polar surface area (TPSA) is 71.0 Å². The highest BCUT2D eigenvalue weighted by Gasteiger charge is 2.31. The minimum Gasteiger partial charge on any atom is -0.462 e. The summed E-state index contributed by atoms with van der Waals surface area (Å²) < 4.78 is 31.5. The van der Waals surface area contributed by atoms with Crippen LogP contribution in [0, 0.1) is 17.6 Å². The molecule has 0 saturated carbocycles. The highest BCUT2D eigenvalue weighted by atomic mass is 19.1. The van der Waals surface area contributed by atoms with Crippen LogP contribution in [0.2, 0.25) is 0 Å². The first kappa shape index (κ1) is 22.3. The van der Waals surface area contributed by atoms with E-state index in [9.17, 15) is 18.4 Å². The Balaban J connectivity index is 0.00000176. The molecule has 6 nitrogen and oxygen atoms in total. The number of benzene rings is 1. The molecule has 1 N–H and O–H groups in total. The Kier molecular flexibility index (Phi) is 9.12. The Bertz CT molecular complexity index is 707. The van der Waals surface area contributed by atoms with Gasteiger partial charge in [0.15, 0.2) is 0 Å². The van der Waals surface area contributed by atoms with E-state index in [1.54, 1.807) is 6.92 Å². The van der Waals surface area contributed by atoms with Gasteiger partial charge in [0.25, 0.3) is 0 Å². The number of rotatable bonds is 7. The molecule has 1 fully saturated rings. The molecule has 1 atom stereocenters. The summed E-state index contributed by atoms with van der Waals surface area (Å²) in [6.45, 7) is 10.1. The van der Waals surface area contributed by atoms with Gasteiger partial charge in [-0.1, -0.05) is 20.4 Å². The van der Waals surface area contributed by atoms with E-state index < -0.39 is 17.6 Å². The lowest BCUT2D eigenvalue weighted by Gasteiger charge is -2.17. The average Bonchev–Trinajstić information content (AvgIpc) is 3.01. The second-order valence-electron chi connectivity index (χ2n) is 5.54. The number of esters is 1. The van der Waals surface area contributed by atoms with E-state index >= 15 is 0 Å². The zero-order chi connectivity index (χ0) is 20.4. The molecule has 0 radical (unpaired) electrons. The zero-order valence-electron chi connectivity index (χ0n) is 15.8. The van der Waals surface area contributed by atoms with Crippen LogP contribution in [0.15, 0.2) is 35.5 Å². The number of carbonyl (C=O) groups is 2. The molecule has 8 heteroatoms. The lowest BCUT2D eigenvalue weighted by Crippen LogP contribution is -2.27. The van der Waals surface area contributed by atoms with Crippen molar-refractivity contribution in [3.8, 4) is 0 Å². The van der Waals surface area contributed by atoms with Crippen molar-refractivity contribution in [2.75, 3.05) is 24.6 Å². The van der Waals surface area contributed by atoms with Crippen LogP contribution in [0.4, 0.5) is 14.5 Å². The van der Waals surface area contributed by atoms with Gasteiger partial charge >= 0.3 is 5.97 Å². The number of hydrazone groups is 1. The van der Waals surface area contributed by atoms with Gasteiger partial charge in [-0.3, -0.25) is 4.79 Å². The van der Waals surface area contributed by atoms with E-state index in [4.69, 9.17) is 4.74 Å². The quantitative estimate of drug-likeness (QED) is 0.341. The SMILES string of the molecule is C=C(/C=N\NCC1CC(=O)N(c2ccc(F)cc2F)C1)C(=O)OCC.CC. The summed E-state index contributed by atoms with van der Waals surface area (Å²) in [5.41, 5.74) is 2.91. The first-order valence-corrected chi connectivity index (χ1v) is 8.79. The summed E-state index contributed by atoms with van der Waals surface area (Å²) in [5.74, 6) is -2.35. The Hall–Kier alpha value is -2.77. The van der Waals surface area contributed by atoms with Crippen LogP contribution < -0.4 is 10.3 Å². The van der Waals surface area contributed by atoms with Crippen LogP contribution in [0.5, 0.6) is 0 Å². The summed E-state index contributed by atoms with van der Waals surface area (Å²) in [6.07, 6.45) is 1.46. The number of amides is 1. The van der Waals surface area contributed by atoms with E-state index in [1.165, 1.54) is 17.2 Å². The van der Waals surface area contributed by atoms with Crippen molar-refractivity contribution in [2.24, 2.45) is 11.0 Å². The van der Waals surface area contributed by atoms with Crippen LogP contribution in [0.1, 0.15) is 27.2 Å². The van der Waals surface area contributed by atoms with Gasteiger partial charge in [-0.05, 0) is 19.1 Å². The molecule has 1 amide bonds. The van der Waals surface area contributed by atoms with E-state index in [0.29, 0.717) is 13.1 Å². The number of ether oxygens (including phenoxy) is 1. The maximum Gasteiger partial charge on any atom is 0.339 e. The van der Waals surface area contributed by atoms with Crippen molar-refractivity contribution >= 4 is 23.8 Å². The van der Waals surface area contributed by atoms with Gasteiger partial charge in [0, 0.05) is 31.5 Å². The van der Waals surface area contributed by atoms with Gasteiger partial charge in [-0.2, -0.15) is 5.10 Å². The molecule has 1 unspecified atom stereocenters. The average molecular weight is 381 g/mol. The smallest absolute Gasteiger partial charge is 0.339 e. The number of hydrogen-bond donors (Lipinski definition) is 1. The maximum absolute atomic E-state index is 13.8. The number of nitrogens with one attached hydrogen (secondary N) is 1. The van der Waals surface area contributed by atoms with Gasteiger partial charge in [0.2, 0.25) is 5.91 Å². The molecule has 1 aromatic rings. The predicted octanol–water partition coefficient (Wildman–Crippen LogP) is 3.04. The molecule has 0 bridgehead atoms. The number of hydrogen-bond acceptors (Lipinski definition) is 5. The summed E-state index contributed by atoms with van der Waals surface area (Å²) in [5, 5.41) is 3.86. The van der Waals surface area contributed by atoms with E-state index in [1.807, 2.05) is 13.8 Å². The van der Waals surface area contributed by atoms with E-state index in [0.717, 1.165) is 12.1 Å². The molecule has 1 heterocycles. The minimum atomic E-state index is -0.772. The number of carbonyl (C=O) groups excluding carboxylic acids is 2. The number of anilines is 1. The first-order valence-electron chi connectivity index (χ1n) is 8.79. The van der Waals surface area contributed by atoms with Crippen LogP contribution in [0.3, 0.4) is 0 Å². The molecule has 2 rings (SSSR count). The second kappa shape index (κ2) is 11.1. The highest BCUT2D eigenvalue weighted by Crippen LogP contribution is 2.27. The summed E-state index contributed by atoms with van der Waals surface area (Å²) in [6, 6.07) is 3.11. The number of nitrogens with zero attached hydrogens (tertiary/aromatic N) is 2. The Labute approximate surface area is 157 Å². The van der Waals surface area contributed by atoms with Crippen molar-refractivity contribution in [3.63, 3.8) is 0 Å². The fourth-order valence-electron chi connectivity index (χ4n) is 2.43.